The zero-order valence-electron chi connectivity index (χ0n) is 6.20. The topological polar surface area (TPSA) is 56.8 Å². The fourth-order valence-corrected chi connectivity index (χ4v) is 1.43. The van der Waals surface area contributed by atoms with Crippen molar-refractivity contribution in [1.29, 1.82) is 0 Å². The molecule has 0 unspecified atom stereocenters. The average molecular weight is 182 g/mol. The van der Waals surface area contributed by atoms with E-state index in [1.807, 2.05) is 0 Å². The molecule has 4 nitrogen and oxygen atoms in total. The highest BCUT2D eigenvalue weighted by Gasteiger charge is 2.12. The number of nitrogens with two attached hydrogens (primary N) is 1. The molecule has 10 heavy (non-hydrogen) atoms. The summed E-state index contributed by atoms with van der Waals surface area (Å²) in [7, 11) is 2.91. The summed E-state index contributed by atoms with van der Waals surface area (Å²) in [4.78, 5) is 0. The van der Waals surface area contributed by atoms with Crippen molar-refractivity contribution < 1.29 is 9.05 Å². The van der Waals surface area contributed by atoms with E-state index in [0.29, 0.717) is 5.84 Å². The molecule has 0 radical (unpaired) electrons. The van der Waals surface area contributed by atoms with E-state index in [1.54, 1.807) is 6.92 Å². The maximum absolute atomic E-state index is 5.28. The van der Waals surface area contributed by atoms with E-state index in [9.17, 15) is 0 Å². The Labute approximate surface area is 65.6 Å². The summed E-state index contributed by atoms with van der Waals surface area (Å²) in [6, 6.07) is 0. The molecule has 0 aromatic heterocycles. The molecule has 0 amide bonds. The lowest BCUT2D eigenvalue weighted by Crippen LogP contribution is -2.05. The molecule has 0 aromatic carbocycles. The Balaban J connectivity index is 4.37. The Bertz CT molecular complexity index is 170. The van der Waals surface area contributed by atoms with Crippen LogP contribution in [0.1, 0.15) is 6.92 Å². The van der Waals surface area contributed by atoms with Crippen LogP contribution in [0.2, 0.25) is 0 Å². The molecule has 0 atom stereocenters. The second kappa shape index (κ2) is 4.03. The lowest BCUT2D eigenvalue weighted by Gasteiger charge is -2.11. The Kier molecular flexibility index (Phi) is 4.05. The van der Waals surface area contributed by atoms with Crippen molar-refractivity contribution in [2.45, 2.75) is 6.92 Å². The molecule has 0 fully saturated rings. The van der Waals surface area contributed by atoms with E-state index in [-0.39, 0.29) is 0 Å². The molecular weight excluding hydrogens is 171 g/mol. The zero-order valence-corrected chi connectivity index (χ0v) is 7.91. The third-order valence-corrected chi connectivity index (χ3v) is 3.36. The summed E-state index contributed by atoms with van der Waals surface area (Å²) in [5.74, 6) is 0.382. The summed E-state index contributed by atoms with van der Waals surface area (Å²) in [6.45, 7) is -0.803. The number of hydrogen-bond acceptors (Lipinski definition) is 3. The number of amidine groups is 1. The van der Waals surface area contributed by atoms with E-state index in [1.165, 1.54) is 14.2 Å². The molecule has 60 valence electrons. The third-order valence-electron chi connectivity index (χ3n) is 0.742. The van der Waals surface area contributed by atoms with Crippen LogP contribution >= 0.6 is 6.64 Å². The molecule has 0 aliphatic rings. The van der Waals surface area contributed by atoms with Gasteiger partial charge in [0.2, 0.25) is 0 Å². The summed E-state index contributed by atoms with van der Waals surface area (Å²) in [5, 5.41) is 0. The molecule has 2 N–H and O–H groups in total. The van der Waals surface area contributed by atoms with Crippen LogP contribution in [-0.4, -0.2) is 20.1 Å². The molecule has 6 heteroatoms. The SMILES string of the molecule is COP(=S)(/N=C(/C)N)OC. The van der Waals surface area contributed by atoms with Gasteiger partial charge in [-0.2, -0.15) is 4.76 Å². The van der Waals surface area contributed by atoms with Gasteiger partial charge in [0.05, 0.1) is 0 Å². The maximum Gasteiger partial charge on any atom is 0.310 e. The summed E-state index contributed by atoms with van der Waals surface area (Å²) < 4.78 is 13.5. The van der Waals surface area contributed by atoms with Gasteiger partial charge in [0, 0.05) is 14.2 Å². The Hall–Kier alpha value is 0.0400. The standard InChI is InChI=1S/C4H11N2O2PS/c1-4(5)6-9(10,7-2)8-3/h1-3H3,(H2,5,6,10). The van der Waals surface area contributed by atoms with Crippen LogP contribution in [0.15, 0.2) is 4.76 Å². The van der Waals surface area contributed by atoms with Crippen molar-refractivity contribution in [2.24, 2.45) is 10.5 Å². The lowest BCUT2D eigenvalue weighted by atomic mass is 10.8. The first-order chi connectivity index (χ1) is 4.54. The van der Waals surface area contributed by atoms with Crippen LogP contribution in [-0.2, 0) is 20.9 Å². The van der Waals surface area contributed by atoms with Crippen molar-refractivity contribution in [3.8, 4) is 0 Å². The molecule has 0 aromatic rings. The average Bonchev–Trinajstić information content (AvgIpc) is 1.87. The third kappa shape index (κ3) is 3.27. The highest BCUT2D eigenvalue weighted by Crippen LogP contribution is 2.48. The second-order valence-corrected chi connectivity index (χ2v) is 4.83. The quantitative estimate of drug-likeness (QED) is 0.400. The molecule has 0 bridgehead atoms. The predicted octanol–water partition coefficient (Wildman–Crippen LogP) is 0.881. The van der Waals surface area contributed by atoms with Gasteiger partial charge >= 0.3 is 6.64 Å². The first-order valence-electron chi connectivity index (χ1n) is 2.58. The van der Waals surface area contributed by atoms with Crippen LogP contribution in [0.25, 0.3) is 0 Å². The zero-order chi connectivity index (χ0) is 8.20. The first kappa shape index (κ1) is 10.0. The van der Waals surface area contributed by atoms with Crippen LogP contribution < -0.4 is 5.73 Å². The molecule has 0 saturated carbocycles. The maximum atomic E-state index is 5.28. The molecular formula is C4H11N2O2PS. The molecule has 0 heterocycles. The number of nitrogens with zero attached hydrogens (tertiary/aromatic N) is 1. The van der Waals surface area contributed by atoms with E-state index in [0.717, 1.165) is 0 Å². The van der Waals surface area contributed by atoms with Gasteiger partial charge in [-0.1, -0.05) is 0 Å². The van der Waals surface area contributed by atoms with E-state index in [2.05, 4.69) is 4.76 Å². The number of rotatable bonds is 3. The Morgan fingerprint density at radius 3 is 2.00 bits per heavy atom. The minimum Gasteiger partial charge on any atom is -0.387 e. The fourth-order valence-electron chi connectivity index (χ4n) is 0.349. The van der Waals surface area contributed by atoms with Gasteiger partial charge < -0.3 is 14.8 Å². The van der Waals surface area contributed by atoms with Crippen LogP contribution in [0, 0.1) is 0 Å². The molecule has 0 saturated heterocycles. The highest BCUT2D eigenvalue weighted by molar-refractivity contribution is 8.09. The lowest BCUT2D eigenvalue weighted by molar-refractivity contribution is 0.338. The normalized spacial score (nSPS) is 13.7. The summed E-state index contributed by atoms with van der Waals surface area (Å²) >= 11 is 4.88. The van der Waals surface area contributed by atoms with Gasteiger partial charge in [-0.3, -0.25) is 0 Å². The fraction of sp³-hybridized carbons (Fsp3) is 0.750. The second-order valence-electron chi connectivity index (χ2n) is 1.58. The Morgan fingerprint density at radius 2 is 1.90 bits per heavy atom. The largest absolute Gasteiger partial charge is 0.387 e. The van der Waals surface area contributed by atoms with Gasteiger partial charge in [0.25, 0.3) is 0 Å². The van der Waals surface area contributed by atoms with Gasteiger partial charge in [0.15, 0.2) is 0 Å². The number of hydrogen-bond donors (Lipinski definition) is 1. The van der Waals surface area contributed by atoms with Gasteiger partial charge in [-0.25, -0.2) is 0 Å². The van der Waals surface area contributed by atoms with Crippen molar-refractivity contribution in [2.75, 3.05) is 14.2 Å². The van der Waals surface area contributed by atoms with Crippen molar-refractivity contribution in [3.63, 3.8) is 0 Å². The minimum atomic E-state index is -2.44. The van der Waals surface area contributed by atoms with Gasteiger partial charge in [0.1, 0.15) is 5.84 Å². The minimum absolute atomic E-state index is 0.382. The van der Waals surface area contributed by atoms with Crippen molar-refractivity contribution in [1.82, 2.24) is 0 Å². The van der Waals surface area contributed by atoms with Crippen molar-refractivity contribution >= 4 is 24.3 Å². The van der Waals surface area contributed by atoms with Crippen molar-refractivity contribution in [3.05, 3.63) is 0 Å². The van der Waals surface area contributed by atoms with E-state index in [4.69, 9.17) is 26.6 Å². The predicted molar refractivity (Wildman–Crippen MR) is 45.6 cm³/mol. The van der Waals surface area contributed by atoms with E-state index < -0.39 is 6.64 Å². The van der Waals surface area contributed by atoms with E-state index >= 15 is 0 Å². The van der Waals surface area contributed by atoms with Crippen LogP contribution in [0.3, 0.4) is 0 Å². The molecule has 0 aliphatic heterocycles. The Morgan fingerprint density at radius 1 is 1.50 bits per heavy atom. The van der Waals surface area contributed by atoms with Gasteiger partial charge in [-0.15, -0.1) is 0 Å². The summed E-state index contributed by atoms with van der Waals surface area (Å²) in [6.07, 6.45) is 0. The smallest absolute Gasteiger partial charge is 0.310 e. The molecule has 0 spiro atoms. The molecule has 0 rings (SSSR count). The summed E-state index contributed by atoms with van der Waals surface area (Å²) in [5.41, 5.74) is 5.28. The molecule has 0 aliphatic carbocycles. The van der Waals surface area contributed by atoms with Crippen LogP contribution in [0.4, 0.5) is 0 Å². The first-order valence-corrected chi connectivity index (χ1v) is 5.17. The van der Waals surface area contributed by atoms with Gasteiger partial charge in [-0.05, 0) is 18.7 Å². The monoisotopic (exact) mass is 182 g/mol. The van der Waals surface area contributed by atoms with Crippen LogP contribution in [0.5, 0.6) is 0 Å². The highest BCUT2D eigenvalue weighted by atomic mass is 32.5.